The molecule has 2 aliphatic heterocycles. The molecule has 7 nitrogen and oxygen atoms in total. The van der Waals surface area contributed by atoms with E-state index in [0.717, 1.165) is 62.7 Å². The Morgan fingerprint density at radius 1 is 1.12 bits per heavy atom. The molecule has 3 fully saturated rings. The Hall–Kier alpha value is -3.16. The average Bonchev–Trinajstić information content (AvgIpc) is 3.70. The topological polar surface area (TPSA) is 85.3 Å². The smallest absolute Gasteiger partial charge is 0.410 e. The molecule has 2 saturated heterocycles. The zero-order valence-electron chi connectivity index (χ0n) is 25.8. The van der Waals surface area contributed by atoms with Crippen LogP contribution in [0.1, 0.15) is 98.2 Å². The number of allylic oxidation sites excluding steroid dienone is 2. The van der Waals surface area contributed by atoms with Crippen molar-refractivity contribution >= 4 is 11.9 Å². The first kappa shape index (κ1) is 29.9. The van der Waals surface area contributed by atoms with Crippen molar-refractivity contribution in [2.24, 2.45) is 5.41 Å². The predicted octanol–water partition coefficient (Wildman–Crippen LogP) is 6.60. The highest BCUT2D eigenvalue weighted by Crippen LogP contribution is 2.61. The van der Waals surface area contributed by atoms with E-state index >= 15 is 0 Å². The molecular weight excluding hydrogens is 542 g/mol. The Kier molecular flexibility index (Phi) is 8.40. The highest BCUT2D eigenvalue weighted by molar-refractivity contribution is 6.10. The number of nitrogens with zero attached hydrogens (tertiary/aromatic N) is 1. The van der Waals surface area contributed by atoms with Gasteiger partial charge in [0.25, 0.3) is 0 Å². The fourth-order valence-electron chi connectivity index (χ4n) is 8.05. The second kappa shape index (κ2) is 12.1. The minimum absolute atomic E-state index is 0.0239. The number of benzene rings is 2. The number of hydrogen-bond donors (Lipinski definition) is 1. The van der Waals surface area contributed by atoms with Gasteiger partial charge < -0.3 is 24.2 Å². The standard InChI is InChI=1S/C36H45NO6/c1-24-6-4-17-35(2)32(16-18-36(35)23-37(34(40)43-36)22-29-7-5-19-42-29)30-15-9-25(20-27(38)12-8-24)21-31(30)33(39)26-10-13-28(41-3)14-11-26/h6,9-11,13-15,21,27,29,32,38H,4-5,7-8,12,16-20,22-23H2,1-3H3. The monoisotopic (exact) mass is 587 g/mol. The molecule has 5 atom stereocenters. The van der Waals surface area contributed by atoms with Crippen molar-refractivity contribution in [3.05, 3.63) is 76.4 Å². The van der Waals surface area contributed by atoms with Gasteiger partial charge in [0.2, 0.25) is 0 Å². The molecule has 0 radical (unpaired) electrons. The summed E-state index contributed by atoms with van der Waals surface area (Å²) >= 11 is 0. The van der Waals surface area contributed by atoms with E-state index in [9.17, 15) is 14.7 Å². The van der Waals surface area contributed by atoms with E-state index in [0.29, 0.717) is 42.8 Å². The van der Waals surface area contributed by atoms with Gasteiger partial charge in [-0.15, -0.1) is 0 Å². The summed E-state index contributed by atoms with van der Waals surface area (Å²) in [5.74, 6) is 0.687. The Bertz CT molecular complexity index is 1380. The van der Waals surface area contributed by atoms with Crippen LogP contribution in [0.2, 0.25) is 0 Å². The molecule has 3 aliphatic carbocycles. The molecule has 5 unspecified atom stereocenters. The Morgan fingerprint density at radius 2 is 1.93 bits per heavy atom. The second-order valence-electron chi connectivity index (χ2n) is 13.4. The van der Waals surface area contributed by atoms with Crippen LogP contribution in [0.15, 0.2) is 54.1 Å². The summed E-state index contributed by atoms with van der Waals surface area (Å²) in [5, 5.41) is 10.9. The lowest BCUT2D eigenvalue weighted by Crippen LogP contribution is -2.48. The first-order valence-corrected chi connectivity index (χ1v) is 16.0. The summed E-state index contributed by atoms with van der Waals surface area (Å²) in [7, 11) is 1.61. The van der Waals surface area contributed by atoms with Gasteiger partial charge in [0.1, 0.15) is 11.4 Å². The van der Waals surface area contributed by atoms with Crippen molar-refractivity contribution in [2.45, 2.75) is 95.4 Å². The number of ketones is 1. The Morgan fingerprint density at radius 3 is 2.67 bits per heavy atom. The minimum atomic E-state index is -0.637. The lowest BCUT2D eigenvalue weighted by atomic mass is 9.64. The van der Waals surface area contributed by atoms with Gasteiger partial charge in [0.05, 0.1) is 32.4 Å². The Balaban J connectivity index is 1.41. The second-order valence-corrected chi connectivity index (χ2v) is 13.4. The van der Waals surface area contributed by atoms with E-state index in [-0.39, 0.29) is 29.3 Å². The van der Waals surface area contributed by atoms with Crippen LogP contribution in [0.3, 0.4) is 0 Å². The summed E-state index contributed by atoms with van der Waals surface area (Å²) in [4.78, 5) is 29.4. The third-order valence-corrected chi connectivity index (χ3v) is 10.7. The van der Waals surface area contributed by atoms with E-state index in [4.69, 9.17) is 14.2 Å². The quantitative estimate of drug-likeness (QED) is 0.313. The molecule has 1 N–H and O–H groups in total. The number of amides is 1. The zero-order chi connectivity index (χ0) is 30.2. The van der Waals surface area contributed by atoms with E-state index in [1.165, 1.54) is 5.57 Å². The third kappa shape index (κ3) is 5.74. The third-order valence-electron chi connectivity index (χ3n) is 10.7. The van der Waals surface area contributed by atoms with E-state index in [1.54, 1.807) is 7.11 Å². The van der Waals surface area contributed by atoms with Crippen molar-refractivity contribution in [2.75, 3.05) is 26.8 Å². The molecule has 2 bridgehead atoms. The van der Waals surface area contributed by atoms with Gasteiger partial charge in [-0.3, -0.25) is 4.79 Å². The molecule has 2 aromatic carbocycles. The largest absolute Gasteiger partial charge is 0.497 e. The number of ether oxygens (including phenoxy) is 3. The normalized spacial score (nSPS) is 31.1. The fourth-order valence-corrected chi connectivity index (χ4v) is 8.05. The van der Waals surface area contributed by atoms with Gasteiger partial charge in [0.15, 0.2) is 5.78 Å². The van der Waals surface area contributed by atoms with Crippen molar-refractivity contribution in [1.82, 2.24) is 4.90 Å². The number of hydrogen-bond acceptors (Lipinski definition) is 6. The number of methoxy groups -OCH3 is 1. The first-order valence-electron chi connectivity index (χ1n) is 16.0. The fraction of sp³-hybridized carbons (Fsp3) is 0.556. The molecule has 0 aromatic heterocycles. The van der Waals surface area contributed by atoms with Crippen LogP contribution in [0.5, 0.6) is 5.75 Å². The SMILES string of the molecule is COc1ccc(C(=O)c2cc3ccc2C2CCC4(CN(CC5CCCO5)C(=O)O4)C2(C)CCC=C(C)CCC(O)C3)cc1. The summed E-state index contributed by atoms with van der Waals surface area (Å²) in [6.45, 7) is 6.29. The first-order chi connectivity index (χ1) is 20.7. The molecule has 1 amide bonds. The van der Waals surface area contributed by atoms with Crippen LogP contribution in [0.4, 0.5) is 4.79 Å². The van der Waals surface area contributed by atoms with Gasteiger partial charge in [-0.25, -0.2) is 4.79 Å². The van der Waals surface area contributed by atoms with Crippen LogP contribution < -0.4 is 4.74 Å². The van der Waals surface area contributed by atoms with Crippen LogP contribution in [0.25, 0.3) is 0 Å². The maximum absolute atomic E-state index is 14.2. The van der Waals surface area contributed by atoms with E-state index < -0.39 is 11.7 Å². The number of aliphatic hydroxyl groups excluding tert-OH is 1. The van der Waals surface area contributed by atoms with E-state index in [2.05, 4.69) is 32.1 Å². The molecule has 2 aromatic rings. The van der Waals surface area contributed by atoms with E-state index in [1.807, 2.05) is 35.2 Å². The lowest BCUT2D eigenvalue weighted by molar-refractivity contribution is -0.0374. The highest BCUT2D eigenvalue weighted by atomic mass is 16.6. The summed E-state index contributed by atoms with van der Waals surface area (Å²) in [5.41, 5.74) is 3.49. The number of carbonyl (C=O) groups excluding carboxylic acids is 2. The maximum Gasteiger partial charge on any atom is 0.410 e. The zero-order valence-corrected chi connectivity index (χ0v) is 25.8. The van der Waals surface area contributed by atoms with Gasteiger partial charge in [0, 0.05) is 23.1 Å². The molecular formula is C36H45NO6. The van der Waals surface area contributed by atoms with Gasteiger partial charge in [-0.1, -0.05) is 30.7 Å². The molecule has 230 valence electrons. The molecule has 2 heterocycles. The van der Waals surface area contributed by atoms with Gasteiger partial charge in [-0.05, 0) is 112 Å². The summed E-state index contributed by atoms with van der Waals surface area (Å²) in [6.07, 6.45) is 8.88. The molecule has 7 rings (SSSR count). The highest BCUT2D eigenvalue weighted by Gasteiger charge is 2.64. The number of aliphatic hydroxyl groups is 1. The van der Waals surface area contributed by atoms with Crippen LogP contribution in [-0.2, 0) is 15.9 Å². The van der Waals surface area contributed by atoms with Crippen molar-refractivity contribution in [3.8, 4) is 5.75 Å². The molecule has 7 heteroatoms. The predicted molar refractivity (Wildman–Crippen MR) is 165 cm³/mol. The van der Waals surface area contributed by atoms with Crippen LogP contribution in [-0.4, -0.2) is 66.5 Å². The maximum atomic E-state index is 14.2. The lowest BCUT2D eigenvalue weighted by Gasteiger charge is -2.43. The van der Waals surface area contributed by atoms with Crippen molar-refractivity contribution in [1.29, 1.82) is 0 Å². The minimum Gasteiger partial charge on any atom is -0.497 e. The van der Waals surface area contributed by atoms with Gasteiger partial charge in [-0.2, -0.15) is 0 Å². The Labute approximate surface area is 255 Å². The molecule has 1 saturated carbocycles. The van der Waals surface area contributed by atoms with Crippen LogP contribution >= 0.6 is 0 Å². The molecule has 5 aliphatic rings. The number of fused-ring (bicyclic) bond motifs is 8. The summed E-state index contributed by atoms with van der Waals surface area (Å²) < 4.78 is 17.6. The number of carbonyl (C=O) groups is 2. The number of rotatable bonds is 5. The molecule has 1 spiro atoms. The van der Waals surface area contributed by atoms with Crippen molar-refractivity contribution in [3.63, 3.8) is 0 Å². The average molecular weight is 588 g/mol. The van der Waals surface area contributed by atoms with Gasteiger partial charge >= 0.3 is 6.09 Å². The summed E-state index contributed by atoms with van der Waals surface area (Å²) in [6, 6.07) is 13.4. The molecule has 43 heavy (non-hydrogen) atoms. The van der Waals surface area contributed by atoms with Crippen LogP contribution in [0, 0.1) is 5.41 Å². The van der Waals surface area contributed by atoms with Crippen molar-refractivity contribution < 1.29 is 28.9 Å².